The van der Waals surface area contributed by atoms with Crippen molar-refractivity contribution in [2.45, 2.75) is 58.6 Å². The molecule has 1 fully saturated rings. The number of carbonyl (C=O) groups is 1. The number of hydrogen-bond acceptors (Lipinski definition) is 3. The van der Waals surface area contributed by atoms with Crippen LogP contribution in [0.4, 0.5) is 0 Å². The van der Waals surface area contributed by atoms with E-state index >= 15 is 0 Å². The number of piperidine rings is 1. The Kier molecular flexibility index (Phi) is 4.20. The van der Waals surface area contributed by atoms with Gasteiger partial charge in [-0.05, 0) is 25.2 Å². The maximum atomic E-state index is 12.0. The van der Waals surface area contributed by atoms with Crippen molar-refractivity contribution < 1.29 is 9.90 Å². The van der Waals surface area contributed by atoms with E-state index in [1.54, 1.807) is 0 Å². The van der Waals surface area contributed by atoms with Crippen LogP contribution < -0.4 is 5.73 Å². The third-order valence-electron chi connectivity index (χ3n) is 3.70. The second kappa shape index (κ2) is 4.94. The molecule has 4 nitrogen and oxygen atoms in total. The summed E-state index contributed by atoms with van der Waals surface area (Å²) in [6.07, 6.45) is 1.71. The molecule has 17 heavy (non-hydrogen) atoms. The van der Waals surface area contributed by atoms with Gasteiger partial charge in [-0.2, -0.15) is 0 Å². The van der Waals surface area contributed by atoms with Gasteiger partial charge in [-0.3, -0.25) is 4.79 Å². The van der Waals surface area contributed by atoms with E-state index in [9.17, 15) is 9.90 Å². The van der Waals surface area contributed by atoms with Crippen LogP contribution in [-0.2, 0) is 4.79 Å². The average molecular weight is 242 g/mol. The molecule has 1 amide bonds. The van der Waals surface area contributed by atoms with Gasteiger partial charge in [0.05, 0.1) is 5.60 Å². The van der Waals surface area contributed by atoms with Crippen LogP contribution in [0.5, 0.6) is 0 Å². The molecule has 1 aliphatic heterocycles. The Morgan fingerprint density at radius 1 is 1.41 bits per heavy atom. The van der Waals surface area contributed by atoms with Crippen molar-refractivity contribution in [3.05, 3.63) is 0 Å². The van der Waals surface area contributed by atoms with Crippen molar-refractivity contribution in [1.29, 1.82) is 0 Å². The third kappa shape index (κ3) is 4.28. The first-order valence-electron chi connectivity index (χ1n) is 6.37. The van der Waals surface area contributed by atoms with Crippen LogP contribution in [0.3, 0.4) is 0 Å². The lowest BCUT2D eigenvalue weighted by Crippen LogP contribution is -2.47. The molecule has 1 rings (SSSR count). The summed E-state index contributed by atoms with van der Waals surface area (Å²) in [6, 6.07) is -0.113. The molecule has 4 heteroatoms. The van der Waals surface area contributed by atoms with Gasteiger partial charge in [0, 0.05) is 25.6 Å². The lowest BCUT2D eigenvalue weighted by Gasteiger charge is -2.37. The second-order valence-corrected chi connectivity index (χ2v) is 6.55. The van der Waals surface area contributed by atoms with Crippen molar-refractivity contribution >= 4 is 5.91 Å². The quantitative estimate of drug-likeness (QED) is 0.762. The van der Waals surface area contributed by atoms with E-state index in [0.717, 1.165) is 0 Å². The zero-order chi connectivity index (χ0) is 13.3. The van der Waals surface area contributed by atoms with Gasteiger partial charge in [-0.1, -0.05) is 20.8 Å². The van der Waals surface area contributed by atoms with Crippen molar-refractivity contribution in [1.82, 2.24) is 4.90 Å². The SMILES string of the molecule is CC1(O)CCN(C(=O)CC(N)C(C)(C)C)CC1. The van der Waals surface area contributed by atoms with E-state index in [1.807, 2.05) is 32.6 Å². The first kappa shape index (κ1) is 14.5. The average Bonchev–Trinajstić information content (AvgIpc) is 2.15. The molecule has 0 saturated carbocycles. The summed E-state index contributed by atoms with van der Waals surface area (Å²) < 4.78 is 0. The molecule has 0 spiro atoms. The molecule has 1 saturated heterocycles. The van der Waals surface area contributed by atoms with E-state index in [0.29, 0.717) is 32.4 Å². The minimum Gasteiger partial charge on any atom is -0.390 e. The number of carbonyl (C=O) groups excluding carboxylic acids is 1. The number of aliphatic hydroxyl groups is 1. The first-order valence-corrected chi connectivity index (χ1v) is 6.37. The van der Waals surface area contributed by atoms with Crippen LogP contribution in [0.15, 0.2) is 0 Å². The van der Waals surface area contributed by atoms with E-state index in [1.165, 1.54) is 0 Å². The Morgan fingerprint density at radius 3 is 2.29 bits per heavy atom. The summed E-state index contributed by atoms with van der Waals surface area (Å²) in [5, 5.41) is 9.82. The number of nitrogens with two attached hydrogens (primary N) is 1. The fourth-order valence-electron chi connectivity index (χ4n) is 1.86. The fraction of sp³-hybridized carbons (Fsp3) is 0.923. The maximum absolute atomic E-state index is 12.0. The summed E-state index contributed by atoms with van der Waals surface area (Å²) in [5.41, 5.74) is 5.36. The number of amides is 1. The Balaban J connectivity index is 2.45. The van der Waals surface area contributed by atoms with E-state index in [-0.39, 0.29) is 17.4 Å². The maximum Gasteiger partial charge on any atom is 0.224 e. The molecular formula is C13H26N2O2. The first-order chi connectivity index (χ1) is 7.62. The zero-order valence-corrected chi connectivity index (χ0v) is 11.5. The molecule has 0 aliphatic carbocycles. The number of nitrogens with zero attached hydrogens (tertiary/aromatic N) is 1. The van der Waals surface area contributed by atoms with Crippen molar-refractivity contribution in [2.24, 2.45) is 11.1 Å². The van der Waals surface area contributed by atoms with Gasteiger partial charge in [0.15, 0.2) is 0 Å². The largest absolute Gasteiger partial charge is 0.390 e. The molecule has 1 atom stereocenters. The van der Waals surface area contributed by atoms with E-state index in [2.05, 4.69) is 0 Å². The topological polar surface area (TPSA) is 66.6 Å². The highest BCUT2D eigenvalue weighted by Crippen LogP contribution is 2.24. The standard InChI is InChI=1S/C13H26N2O2/c1-12(2,3)10(14)9-11(16)15-7-5-13(4,17)6-8-15/h10,17H,5-9,14H2,1-4H3. The zero-order valence-electron chi connectivity index (χ0n) is 11.5. The molecule has 1 aliphatic rings. The summed E-state index contributed by atoms with van der Waals surface area (Å²) in [7, 11) is 0. The molecule has 0 aromatic rings. The van der Waals surface area contributed by atoms with Gasteiger partial charge in [0.25, 0.3) is 0 Å². The normalized spacial score (nSPS) is 22.4. The minimum atomic E-state index is -0.608. The van der Waals surface area contributed by atoms with Gasteiger partial charge >= 0.3 is 0 Å². The highest BCUT2D eigenvalue weighted by Gasteiger charge is 2.31. The Hall–Kier alpha value is -0.610. The smallest absolute Gasteiger partial charge is 0.224 e. The van der Waals surface area contributed by atoms with Crippen LogP contribution in [-0.4, -0.2) is 40.6 Å². The summed E-state index contributed by atoms with van der Waals surface area (Å²) in [5.74, 6) is 0.114. The lowest BCUT2D eigenvalue weighted by molar-refractivity contribution is -0.135. The minimum absolute atomic E-state index is 0.0447. The summed E-state index contributed by atoms with van der Waals surface area (Å²) in [4.78, 5) is 13.9. The van der Waals surface area contributed by atoms with Crippen molar-refractivity contribution in [2.75, 3.05) is 13.1 Å². The molecule has 0 aromatic carbocycles. The number of rotatable bonds is 2. The Morgan fingerprint density at radius 2 is 1.88 bits per heavy atom. The molecule has 100 valence electrons. The van der Waals surface area contributed by atoms with Crippen molar-refractivity contribution in [3.8, 4) is 0 Å². The van der Waals surface area contributed by atoms with E-state index < -0.39 is 5.60 Å². The van der Waals surface area contributed by atoms with Gasteiger partial charge in [-0.25, -0.2) is 0 Å². The molecule has 3 N–H and O–H groups in total. The second-order valence-electron chi connectivity index (χ2n) is 6.55. The highest BCUT2D eigenvalue weighted by atomic mass is 16.3. The molecule has 0 bridgehead atoms. The molecule has 0 aromatic heterocycles. The Labute approximate surface area is 104 Å². The number of hydrogen-bond donors (Lipinski definition) is 2. The third-order valence-corrected chi connectivity index (χ3v) is 3.70. The van der Waals surface area contributed by atoms with Gasteiger partial charge in [0.1, 0.15) is 0 Å². The van der Waals surface area contributed by atoms with Crippen LogP contribution in [0.25, 0.3) is 0 Å². The molecular weight excluding hydrogens is 216 g/mol. The fourth-order valence-corrected chi connectivity index (χ4v) is 1.86. The van der Waals surface area contributed by atoms with Gasteiger partial charge in [-0.15, -0.1) is 0 Å². The van der Waals surface area contributed by atoms with Gasteiger partial charge < -0.3 is 15.7 Å². The van der Waals surface area contributed by atoms with Crippen molar-refractivity contribution in [3.63, 3.8) is 0 Å². The summed E-state index contributed by atoms with van der Waals surface area (Å²) >= 11 is 0. The lowest BCUT2D eigenvalue weighted by atomic mass is 9.85. The van der Waals surface area contributed by atoms with E-state index in [4.69, 9.17) is 5.73 Å². The molecule has 0 radical (unpaired) electrons. The highest BCUT2D eigenvalue weighted by molar-refractivity contribution is 5.77. The summed E-state index contributed by atoms with van der Waals surface area (Å²) in [6.45, 7) is 9.25. The predicted octanol–water partition coefficient (Wildman–Crippen LogP) is 1.12. The van der Waals surface area contributed by atoms with Crippen LogP contribution in [0.1, 0.15) is 47.0 Å². The van der Waals surface area contributed by atoms with Crippen LogP contribution in [0, 0.1) is 5.41 Å². The molecule has 1 unspecified atom stereocenters. The van der Waals surface area contributed by atoms with Crippen LogP contribution >= 0.6 is 0 Å². The van der Waals surface area contributed by atoms with Gasteiger partial charge in [0.2, 0.25) is 5.91 Å². The predicted molar refractivity (Wildman–Crippen MR) is 68.5 cm³/mol. The monoisotopic (exact) mass is 242 g/mol. The number of likely N-dealkylation sites (tertiary alicyclic amines) is 1. The molecule has 1 heterocycles. The van der Waals surface area contributed by atoms with Crippen LogP contribution in [0.2, 0.25) is 0 Å². The Bertz CT molecular complexity index is 272.